The average Bonchev–Trinajstić information content (AvgIpc) is 2.74. The molecular formula is C10H7BrCl2OS. The van der Waals surface area contributed by atoms with Crippen LogP contribution in [0, 0.1) is 6.92 Å². The minimum absolute atomic E-state index is 0.270. The molecule has 0 aliphatic rings. The zero-order valence-electron chi connectivity index (χ0n) is 7.76. The topological polar surface area (TPSA) is 13.1 Å². The number of furan rings is 1. The van der Waals surface area contributed by atoms with Crippen molar-refractivity contribution in [2.75, 3.05) is 0 Å². The summed E-state index contributed by atoms with van der Waals surface area (Å²) in [4.78, 5) is 0.978. The highest BCUT2D eigenvalue weighted by Gasteiger charge is 2.19. The van der Waals surface area contributed by atoms with E-state index in [4.69, 9.17) is 27.6 Å². The fraction of sp³-hybridized carbons (Fsp3) is 0.200. The molecular weight excluding hydrogens is 319 g/mol. The van der Waals surface area contributed by atoms with Gasteiger partial charge in [-0.1, -0.05) is 11.6 Å². The Morgan fingerprint density at radius 3 is 2.73 bits per heavy atom. The lowest BCUT2D eigenvalue weighted by Crippen LogP contribution is -1.89. The van der Waals surface area contributed by atoms with Gasteiger partial charge in [0.15, 0.2) is 0 Å². The Labute approximate surface area is 110 Å². The van der Waals surface area contributed by atoms with Gasteiger partial charge in [0.05, 0.1) is 15.1 Å². The molecule has 0 radical (unpaired) electrons. The molecule has 0 spiro atoms. The van der Waals surface area contributed by atoms with Crippen molar-refractivity contribution in [1.82, 2.24) is 0 Å². The van der Waals surface area contributed by atoms with Gasteiger partial charge in [0.1, 0.15) is 11.1 Å². The van der Waals surface area contributed by atoms with Crippen LogP contribution >= 0.6 is 50.5 Å². The number of thiophene rings is 1. The fourth-order valence-electron chi connectivity index (χ4n) is 1.26. The molecule has 0 saturated heterocycles. The lowest BCUT2D eigenvalue weighted by Gasteiger charge is -2.04. The largest absolute Gasteiger partial charge is 0.467 e. The molecule has 2 aromatic rings. The number of halogens is 3. The lowest BCUT2D eigenvalue weighted by atomic mass is 10.2. The van der Waals surface area contributed by atoms with E-state index in [0.29, 0.717) is 5.02 Å². The van der Waals surface area contributed by atoms with Crippen LogP contribution in [-0.2, 0) is 0 Å². The van der Waals surface area contributed by atoms with Crippen molar-refractivity contribution >= 4 is 50.5 Å². The average molecular weight is 326 g/mol. The minimum atomic E-state index is -0.270. The third-order valence-corrected chi connectivity index (χ3v) is 5.15. The highest BCUT2D eigenvalue weighted by molar-refractivity contribution is 9.11. The predicted octanol–water partition coefficient (Wildman–Crippen LogP) is 5.39. The van der Waals surface area contributed by atoms with E-state index in [1.807, 2.05) is 19.1 Å². The molecule has 1 unspecified atom stereocenters. The van der Waals surface area contributed by atoms with Gasteiger partial charge in [-0.15, -0.1) is 22.9 Å². The second kappa shape index (κ2) is 4.50. The fourth-order valence-corrected chi connectivity index (χ4v) is 3.41. The van der Waals surface area contributed by atoms with E-state index < -0.39 is 0 Å². The molecule has 0 aliphatic carbocycles. The molecule has 2 rings (SSSR count). The zero-order valence-corrected chi connectivity index (χ0v) is 11.7. The summed E-state index contributed by atoms with van der Waals surface area (Å²) in [7, 11) is 0. The molecule has 0 aromatic carbocycles. The molecule has 0 amide bonds. The summed E-state index contributed by atoms with van der Waals surface area (Å²) < 4.78 is 6.24. The van der Waals surface area contributed by atoms with Crippen LogP contribution in [0.2, 0.25) is 5.02 Å². The van der Waals surface area contributed by atoms with E-state index in [0.717, 1.165) is 20.0 Å². The van der Waals surface area contributed by atoms with Crippen molar-refractivity contribution in [3.8, 4) is 0 Å². The smallest absolute Gasteiger partial charge is 0.129 e. The Bertz CT molecular complexity index is 458. The van der Waals surface area contributed by atoms with Gasteiger partial charge in [-0.2, -0.15) is 0 Å². The Morgan fingerprint density at radius 2 is 2.27 bits per heavy atom. The molecule has 0 aliphatic heterocycles. The standard InChI is InChI=1S/C10H7BrCl2OS/c1-5-2-3-14-9(5)8(13)7-4-6(12)10(11)15-7/h2-4,8H,1H3. The van der Waals surface area contributed by atoms with Crippen molar-refractivity contribution in [2.45, 2.75) is 12.3 Å². The van der Waals surface area contributed by atoms with Crippen LogP contribution < -0.4 is 0 Å². The third kappa shape index (κ3) is 2.26. The van der Waals surface area contributed by atoms with Gasteiger partial charge >= 0.3 is 0 Å². The van der Waals surface area contributed by atoms with Crippen LogP contribution in [0.25, 0.3) is 0 Å². The summed E-state index contributed by atoms with van der Waals surface area (Å²) in [6.07, 6.45) is 1.64. The van der Waals surface area contributed by atoms with Crippen molar-refractivity contribution < 1.29 is 4.42 Å². The van der Waals surface area contributed by atoms with E-state index in [9.17, 15) is 0 Å². The molecule has 0 N–H and O–H groups in total. The number of aryl methyl sites for hydroxylation is 1. The monoisotopic (exact) mass is 324 g/mol. The quantitative estimate of drug-likeness (QED) is 0.674. The second-order valence-electron chi connectivity index (χ2n) is 3.10. The van der Waals surface area contributed by atoms with Gasteiger partial charge in [-0.05, 0) is 40.5 Å². The Hall–Kier alpha value is 0.0400. The number of hydrogen-bond donors (Lipinski definition) is 0. The molecule has 0 saturated carbocycles. The Kier molecular flexibility index (Phi) is 3.45. The first-order valence-corrected chi connectivity index (χ1v) is 6.64. The third-order valence-electron chi connectivity index (χ3n) is 2.05. The molecule has 15 heavy (non-hydrogen) atoms. The van der Waals surface area contributed by atoms with Gasteiger partial charge in [-0.3, -0.25) is 0 Å². The predicted molar refractivity (Wildman–Crippen MR) is 68.2 cm³/mol. The van der Waals surface area contributed by atoms with Crippen LogP contribution in [0.15, 0.2) is 26.6 Å². The molecule has 0 bridgehead atoms. The summed E-state index contributed by atoms with van der Waals surface area (Å²) in [5.74, 6) is 0.780. The number of rotatable bonds is 2. The molecule has 2 aromatic heterocycles. The van der Waals surface area contributed by atoms with E-state index in [-0.39, 0.29) is 5.38 Å². The summed E-state index contributed by atoms with van der Waals surface area (Å²) in [5.41, 5.74) is 1.05. The summed E-state index contributed by atoms with van der Waals surface area (Å²) in [5, 5.41) is 0.415. The molecule has 0 fully saturated rings. The van der Waals surface area contributed by atoms with Crippen LogP contribution in [0.1, 0.15) is 21.6 Å². The molecule has 5 heteroatoms. The normalized spacial score (nSPS) is 13.1. The Morgan fingerprint density at radius 1 is 1.53 bits per heavy atom. The number of hydrogen-bond acceptors (Lipinski definition) is 2. The summed E-state index contributed by atoms with van der Waals surface area (Å²) >= 11 is 17.1. The van der Waals surface area contributed by atoms with Gasteiger partial charge < -0.3 is 4.42 Å². The molecule has 80 valence electrons. The van der Waals surface area contributed by atoms with E-state index in [1.54, 1.807) is 6.26 Å². The van der Waals surface area contributed by atoms with E-state index in [2.05, 4.69) is 15.9 Å². The SMILES string of the molecule is Cc1ccoc1C(Cl)c1cc(Cl)c(Br)s1. The van der Waals surface area contributed by atoms with Crippen LogP contribution in [0.3, 0.4) is 0 Å². The Balaban J connectivity index is 2.36. The van der Waals surface area contributed by atoms with E-state index in [1.165, 1.54) is 11.3 Å². The molecule has 2 heterocycles. The number of alkyl halides is 1. The first kappa shape index (κ1) is 11.5. The van der Waals surface area contributed by atoms with Gasteiger partial charge in [0.2, 0.25) is 0 Å². The molecule has 1 nitrogen and oxygen atoms in total. The van der Waals surface area contributed by atoms with Crippen molar-refractivity contribution in [1.29, 1.82) is 0 Å². The highest BCUT2D eigenvalue weighted by atomic mass is 79.9. The molecule has 1 atom stereocenters. The maximum atomic E-state index is 6.30. The highest BCUT2D eigenvalue weighted by Crippen LogP contribution is 2.41. The van der Waals surface area contributed by atoms with Crippen molar-refractivity contribution in [3.63, 3.8) is 0 Å². The maximum Gasteiger partial charge on any atom is 0.129 e. The van der Waals surface area contributed by atoms with Crippen LogP contribution in [0.4, 0.5) is 0 Å². The van der Waals surface area contributed by atoms with Gasteiger partial charge in [0.25, 0.3) is 0 Å². The summed E-state index contributed by atoms with van der Waals surface area (Å²) in [6.45, 7) is 1.97. The van der Waals surface area contributed by atoms with E-state index >= 15 is 0 Å². The van der Waals surface area contributed by atoms with Gasteiger partial charge in [0, 0.05) is 4.88 Å². The van der Waals surface area contributed by atoms with Crippen LogP contribution in [-0.4, -0.2) is 0 Å². The maximum absolute atomic E-state index is 6.30. The second-order valence-corrected chi connectivity index (χ2v) is 6.35. The van der Waals surface area contributed by atoms with Gasteiger partial charge in [-0.25, -0.2) is 0 Å². The van der Waals surface area contributed by atoms with Crippen molar-refractivity contribution in [3.05, 3.63) is 43.4 Å². The van der Waals surface area contributed by atoms with Crippen LogP contribution in [0.5, 0.6) is 0 Å². The zero-order chi connectivity index (χ0) is 11.0. The minimum Gasteiger partial charge on any atom is -0.467 e. The van der Waals surface area contributed by atoms with Crippen molar-refractivity contribution in [2.24, 2.45) is 0 Å². The first-order valence-electron chi connectivity index (χ1n) is 4.22. The lowest BCUT2D eigenvalue weighted by molar-refractivity contribution is 0.515. The summed E-state index contributed by atoms with van der Waals surface area (Å²) in [6, 6.07) is 3.75. The first-order chi connectivity index (χ1) is 7.09.